The van der Waals surface area contributed by atoms with Crippen LogP contribution in [0.1, 0.15) is 141 Å². The van der Waals surface area contributed by atoms with E-state index in [9.17, 15) is 29.3 Å². The van der Waals surface area contributed by atoms with Gasteiger partial charge in [-0.2, -0.15) is 0 Å². The predicted molar refractivity (Wildman–Crippen MR) is 206 cm³/mol. The fraction of sp³-hybridized carbons (Fsp3) is 0.561. The van der Waals surface area contributed by atoms with E-state index in [1.54, 1.807) is 45.9 Å². The number of ether oxygens (including phenoxy) is 1. The molecule has 0 N–H and O–H groups in total. The van der Waals surface area contributed by atoms with Crippen molar-refractivity contribution in [1.82, 2.24) is 0 Å². The summed E-state index contributed by atoms with van der Waals surface area (Å²) in [6, 6.07) is 8.71. The van der Waals surface area contributed by atoms with Crippen molar-refractivity contribution in [2.75, 3.05) is 0 Å². The van der Waals surface area contributed by atoms with Gasteiger partial charge in [0.1, 0.15) is 17.2 Å². The van der Waals surface area contributed by atoms with Crippen LogP contribution in [-0.2, 0) is 25.7 Å². The van der Waals surface area contributed by atoms with Crippen molar-refractivity contribution in [3.63, 3.8) is 0 Å². The number of Topliss-reactive ketones (excluding diaryl/α,β-unsaturated/α-hetero) is 2. The Balaban J connectivity index is 2.56. The average molecular weight is 736 g/mol. The second kappa shape index (κ2) is 20.5. The lowest BCUT2D eigenvalue weighted by Crippen LogP contribution is -2.20. The lowest BCUT2D eigenvalue weighted by atomic mass is 9.88. The van der Waals surface area contributed by atoms with E-state index in [0.29, 0.717) is 35.6 Å². The van der Waals surface area contributed by atoms with Crippen LogP contribution in [0.4, 0.5) is 5.69 Å². The highest BCUT2D eigenvalue weighted by Crippen LogP contribution is 2.35. The molecule has 0 atom stereocenters. The molecule has 0 heterocycles. The zero-order valence-corrected chi connectivity index (χ0v) is 33.2. The molecule has 2 aromatic carbocycles. The first-order valence-electron chi connectivity index (χ1n) is 18.4. The number of nitro groups is 1. The van der Waals surface area contributed by atoms with Crippen molar-refractivity contribution in [2.24, 2.45) is 39.4 Å². The normalized spacial score (nSPS) is 12.4. The molecule has 0 aliphatic heterocycles. The summed E-state index contributed by atoms with van der Waals surface area (Å²) >= 11 is 0. The molecule has 0 aliphatic rings. The molecule has 0 fully saturated rings. The highest BCUT2D eigenvalue weighted by Gasteiger charge is 2.26. The van der Waals surface area contributed by atoms with E-state index >= 15 is 0 Å². The maximum absolute atomic E-state index is 13.7. The zero-order valence-electron chi connectivity index (χ0n) is 33.2. The zero-order chi connectivity index (χ0) is 40.0. The van der Waals surface area contributed by atoms with E-state index in [1.807, 2.05) is 34.6 Å². The third kappa shape index (κ3) is 15.0. The first-order valence-corrected chi connectivity index (χ1v) is 18.4. The maximum Gasteiger partial charge on any atom is 0.337 e. The van der Waals surface area contributed by atoms with Gasteiger partial charge in [0, 0.05) is 17.2 Å². The van der Waals surface area contributed by atoms with Gasteiger partial charge in [0.05, 0.1) is 16.8 Å². The molecule has 12 heteroatoms. The number of nitrogens with zero attached hydrogens (tertiary/aromatic N) is 3. The van der Waals surface area contributed by atoms with Gasteiger partial charge < -0.3 is 14.4 Å². The van der Waals surface area contributed by atoms with Crippen molar-refractivity contribution >= 4 is 40.6 Å². The molecule has 0 unspecified atom stereocenters. The van der Waals surface area contributed by atoms with Gasteiger partial charge in [0.15, 0.2) is 0 Å². The van der Waals surface area contributed by atoms with Crippen molar-refractivity contribution in [2.45, 2.75) is 121 Å². The standard InChI is InChI=1S/C41H57N3O9/c1-25(2)14-12-13-15-29-23-30(38(46)33(22-26(3)4)43-53-40(48)28(7)8)16-18-35(29)51-36-19-17-31(24-34(36)44(49)50)37(45)32(20-21-41(9,10)11)42-52-39(47)27(5)6/h16-19,23-28H,12-15,20-22H2,1-11H3/b42-32+,43-33+. The number of oxime groups is 2. The Morgan fingerprint density at radius 3 is 1.77 bits per heavy atom. The fourth-order valence-corrected chi connectivity index (χ4v) is 4.89. The third-order valence-electron chi connectivity index (χ3n) is 8.11. The van der Waals surface area contributed by atoms with Crippen LogP contribution in [0.2, 0.25) is 0 Å². The number of carbonyl (C=O) groups is 4. The summed E-state index contributed by atoms with van der Waals surface area (Å²) in [4.78, 5) is 73.4. The van der Waals surface area contributed by atoms with Crippen LogP contribution in [0.15, 0.2) is 46.7 Å². The molecule has 0 radical (unpaired) electrons. The van der Waals surface area contributed by atoms with E-state index in [-0.39, 0.29) is 46.9 Å². The topological polar surface area (TPSA) is 164 Å². The molecule has 0 spiro atoms. The Kier molecular flexibility index (Phi) is 17.2. The molecular formula is C41H57N3O9. The summed E-state index contributed by atoms with van der Waals surface area (Å²) in [6.07, 6.45) is 4.24. The number of benzene rings is 2. The summed E-state index contributed by atoms with van der Waals surface area (Å²) in [5.74, 6) is -2.27. The summed E-state index contributed by atoms with van der Waals surface area (Å²) in [5.41, 5.74) is 0.418. The van der Waals surface area contributed by atoms with E-state index in [4.69, 9.17) is 14.4 Å². The third-order valence-corrected chi connectivity index (χ3v) is 8.11. The van der Waals surface area contributed by atoms with Gasteiger partial charge in [-0.3, -0.25) is 19.7 Å². The number of nitro benzene ring substituents is 1. The van der Waals surface area contributed by atoms with Crippen LogP contribution >= 0.6 is 0 Å². The lowest BCUT2D eigenvalue weighted by Gasteiger charge is -2.18. The largest absolute Gasteiger partial charge is 0.450 e. The van der Waals surface area contributed by atoms with Gasteiger partial charge in [-0.1, -0.05) is 99.3 Å². The van der Waals surface area contributed by atoms with Gasteiger partial charge >= 0.3 is 17.6 Å². The fourth-order valence-electron chi connectivity index (χ4n) is 4.89. The van der Waals surface area contributed by atoms with Gasteiger partial charge in [-0.25, -0.2) is 9.59 Å². The van der Waals surface area contributed by atoms with E-state index < -0.39 is 46.0 Å². The van der Waals surface area contributed by atoms with Gasteiger partial charge in [-0.15, -0.1) is 0 Å². The van der Waals surface area contributed by atoms with Crippen LogP contribution in [0.25, 0.3) is 0 Å². The van der Waals surface area contributed by atoms with Crippen molar-refractivity contribution in [3.05, 3.63) is 63.2 Å². The van der Waals surface area contributed by atoms with Crippen molar-refractivity contribution < 1.29 is 38.5 Å². The molecule has 0 saturated heterocycles. The SMILES string of the molecule is CC(C)CCCCc1cc(C(=O)/C(CC(C)C)=N/OC(=O)C(C)C)ccc1Oc1ccc(C(=O)/C(CCC(C)(C)C)=N/OC(=O)C(C)C)cc1[N+](=O)[O-]. The molecule has 0 bridgehead atoms. The molecule has 2 rings (SSSR count). The van der Waals surface area contributed by atoms with Crippen LogP contribution in [-0.4, -0.2) is 39.9 Å². The minimum absolute atomic E-state index is 0.0118. The maximum atomic E-state index is 13.7. The van der Waals surface area contributed by atoms with Crippen molar-refractivity contribution in [1.29, 1.82) is 0 Å². The van der Waals surface area contributed by atoms with Crippen LogP contribution in [0.5, 0.6) is 11.5 Å². The Labute approximate surface area is 313 Å². The predicted octanol–water partition coefficient (Wildman–Crippen LogP) is 10.1. The second-order valence-electron chi connectivity index (χ2n) is 16.0. The van der Waals surface area contributed by atoms with E-state index in [2.05, 4.69) is 24.2 Å². The summed E-state index contributed by atoms with van der Waals surface area (Å²) < 4.78 is 6.17. The Bertz CT molecular complexity index is 1680. The summed E-state index contributed by atoms with van der Waals surface area (Å²) in [7, 11) is 0. The van der Waals surface area contributed by atoms with Gasteiger partial charge in [0.25, 0.3) is 0 Å². The number of aryl methyl sites for hydroxylation is 1. The summed E-state index contributed by atoms with van der Waals surface area (Å²) in [5, 5.41) is 20.2. The van der Waals surface area contributed by atoms with Crippen LogP contribution in [0, 0.1) is 39.2 Å². The van der Waals surface area contributed by atoms with E-state index in [1.165, 1.54) is 12.1 Å². The van der Waals surface area contributed by atoms with Gasteiger partial charge in [0.2, 0.25) is 17.3 Å². The number of rotatable bonds is 20. The molecule has 0 aromatic heterocycles. The van der Waals surface area contributed by atoms with Crippen molar-refractivity contribution in [3.8, 4) is 11.5 Å². The quantitative estimate of drug-likeness (QED) is 0.0321. The average Bonchev–Trinajstić information content (AvgIpc) is 3.07. The first kappa shape index (κ1) is 44.4. The summed E-state index contributed by atoms with van der Waals surface area (Å²) in [6.45, 7) is 20.8. The molecule has 0 amide bonds. The molecular weight excluding hydrogens is 678 g/mol. The molecule has 53 heavy (non-hydrogen) atoms. The number of hydrogen-bond acceptors (Lipinski definition) is 11. The number of unbranched alkanes of at least 4 members (excludes halogenated alkanes) is 1. The highest BCUT2D eigenvalue weighted by molar-refractivity contribution is 6.46. The monoisotopic (exact) mass is 735 g/mol. The smallest absolute Gasteiger partial charge is 0.337 e. The Morgan fingerprint density at radius 2 is 1.26 bits per heavy atom. The van der Waals surface area contributed by atoms with Crippen LogP contribution in [0.3, 0.4) is 0 Å². The lowest BCUT2D eigenvalue weighted by molar-refractivity contribution is -0.385. The second-order valence-corrected chi connectivity index (χ2v) is 16.0. The Morgan fingerprint density at radius 1 is 0.736 bits per heavy atom. The minimum Gasteiger partial charge on any atom is -0.450 e. The molecule has 0 saturated carbocycles. The molecule has 2 aromatic rings. The van der Waals surface area contributed by atoms with Gasteiger partial charge in [-0.05, 0) is 85.3 Å². The van der Waals surface area contributed by atoms with Crippen LogP contribution < -0.4 is 4.74 Å². The highest BCUT2D eigenvalue weighted by atomic mass is 16.7. The minimum atomic E-state index is -0.635. The number of carbonyl (C=O) groups excluding carboxylic acids is 4. The first-order chi connectivity index (χ1) is 24.7. The number of hydrogen-bond donors (Lipinski definition) is 0. The van der Waals surface area contributed by atoms with E-state index in [0.717, 1.165) is 25.3 Å². The molecule has 12 nitrogen and oxygen atoms in total. The molecule has 290 valence electrons. The number of ketones is 2. The molecule has 0 aliphatic carbocycles. The Hall–Kier alpha value is -4.74.